The Labute approximate surface area is 691 Å². The van der Waals surface area contributed by atoms with Crippen molar-refractivity contribution in [3.8, 4) is 17.2 Å². The van der Waals surface area contributed by atoms with Gasteiger partial charge in [-0.25, -0.2) is 4.79 Å². The molecule has 3 rings (SSSR count). The van der Waals surface area contributed by atoms with Crippen molar-refractivity contribution >= 4 is 120 Å². The van der Waals surface area contributed by atoms with Crippen LogP contribution in [0.25, 0.3) is 0 Å². The Kier molecular flexibility index (Phi) is 43.6. The van der Waals surface area contributed by atoms with Crippen molar-refractivity contribution in [2.45, 2.75) is 207 Å². The predicted octanol–water partition coefficient (Wildman–Crippen LogP) is -8.31. The van der Waals surface area contributed by atoms with Crippen LogP contribution in [0.3, 0.4) is 0 Å². The molecule has 3 aromatic carbocycles. The topological polar surface area (TPSA) is 759 Å². The molecule has 0 aliphatic rings. The summed E-state index contributed by atoms with van der Waals surface area (Å²) in [5, 5.41) is 111. The average Bonchev–Trinajstić information content (AvgIpc) is 0.834. The van der Waals surface area contributed by atoms with E-state index in [-0.39, 0.29) is 121 Å². The molecule has 118 heavy (non-hydrogen) atoms. The first-order valence-corrected chi connectivity index (χ1v) is 38.8. The van der Waals surface area contributed by atoms with E-state index >= 15 is 0 Å². The van der Waals surface area contributed by atoms with Crippen molar-refractivity contribution in [3.05, 3.63) is 89.5 Å². The van der Waals surface area contributed by atoms with E-state index in [1.54, 1.807) is 0 Å². The third kappa shape index (κ3) is 36.4. The first kappa shape index (κ1) is 101. The first-order valence-electron chi connectivity index (χ1n) is 37.7. The summed E-state index contributed by atoms with van der Waals surface area (Å²) in [7, 11) is 0. The molecule has 654 valence electrons. The van der Waals surface area contributed by atoms with Crippen LogP contribution >= 0.6 is 25.3 Å². The Hall–Kier alpha value is -11.4. The maximum Gasteiger partial charge on any atom is 0.326 e. The number of carboxylic acid groups (broad SMARTS) is 1. The molecule has 0 bridgehead atoms. The highest BCUT2D eigenvalue weighted by atomic mass is 32.1. The Morgan fingerprint density at radius 2 is 0.712 bits per heavy atom. The number of carbonyl (C=O) groups excluding carboxylic acids is 13. The number of carbonyl (C=O) groups is 14. The van der Waals surface area contributed by atoms with E-state index in [0.29, 0.717) is 23.1 Å². The van der Waals surface area contributed by atoms with Gasteiger partial charge in [-0.15, -0.1) is 0 Å². The van der Waals surface area contributed by atoms with Crippen LogP contribution < -0.4 is 115 Å². The molecule has 0 saturated carbocycles. The number of hydrogen-bond acceptors (Lipinski definition) is 27. The van der Waals surface area contributed by atoms with Gasteiger partial charge >= 0.3 is 5.97 Å². The lowest BCUT2D eigenvalue weighted by Gasteiger charge is -2.33. The van der Waals surface area contributed by atoms with Crippen molar-refractivity contribution in [1.82, 2.24) is 74.4 Å². The number of unbranched alkanes of at least 4 members (excludes halogenated alkanes) is 1. The maximum absolute atomic E-state index is 14.5. The number of thiol groups is 2. The number of rotatable bonds is 53. The largest absolute Gasteiger partial charge is 0.508 e. The Balaban J connectivity index is 1.92. The molecule has 0 radical (unpaired) electrons. The number of guanidine groups is 2. The van der Waals surface area contributed by atoms with E-state index in [4.69, 9.17) is 51.0 Å². The molecule has 13 amide bonds. The third-order valence-electron chi connectivity index (χ3n) is 18.0. The number of nitrogens with one attached hydrogen (secondary N) is 16. The first-order chi connectivity index (χ1) is 55.5. The van der Waals surface area contributed by atoms with Gasteiger partial charge in [-0.05, 0) is 158 Å². The highest BCUT2D eigenvalue weighted by Gasteiger charge is 2.41. The van der Waals surface area contributed by atoms with Crippen LogP contribution in [0.1, 0.15) is 109 Å². The molecule has 36 N–H and O–H groups in total. The minimum absolute atomic E-state index is 0.0300. The monoisotopic (exact) mass is 1700 g/mol. The molecule has 0 fully saturated rings. The van der Waals surface area contributed by atoms with Crippen molar-refractivity contribution < 1.29 is 97.8 Å². The van der Waals surface area contributed by atoms with Crippen molar-refractivity contribution in [3.63, 3.8) is 0 Å². The third-order valence-corrected chi connectivity index (χ3v) is 18.6. The van der Waals surface area contributed by atoms with E-state index in [1.807, 2.05) is 0 Å². The number of aromatic hydroxyl groups is 3. The number of nitrogens with two attached hydrogens (primary N) is 7. The Bertz CT molecular complexity index is 3880. The highest BCUT2D eigenvalue weighted by Crippen LogP contribution is 2.21. The molecular formula is C73H115N23O20S2. The number of hydrogen-bond donors (Lipinski definition) is 31. The Morgan fingerprint density at radius 1 is 0.398 bits per heavy atom. The molecule has 43 nitrogen and oxygen atoms in total. The summed E-state index contributed by atoms with van der Waals surface area (Å²) in [6.45, 7) is 4.57. The molecule has 0 saturated heterocycles. The summed E-state index contributed by atoms with van der Waals surface area (Å²) >= 11 is 8.83. The number of amides is 13. The van der Waals surface area contributed by atoms with E-state index < -0.39 is 202 Å². The summed E-state index contributed by atoms with van der Waals surface area (Å²) in [5.74, 6) is -17.1. The number of phenolic OH excluding ortho intramolecular Hbond substituents is 3. The summed E-state index contributed by atoms with van der Waals surface area (Å²) in [5.41, 5.74) is 41.2. The van der Waals surface area contributed by atoms with Gasteiger partial charge in [-0.3, -0.25) is 73.1 Å². The second-order valence-electron chi connectivity index (χ2n) is 28.4. The van der Waals surface area contributed by atoms with Gasteiger partial charge in [0.25, 0.3) is 0 Å². The second-order valence-corrected chi connectivity index (χ2v) is 29.9. The van der Waals surface area contributed by atoms with Crippen LogP contribution in [0.2, 0.25) is 0 Å². The van der Waals surface area contributed by atoms with Crippen LogP contribution in [0.4, 0.5) is 0 Å². The number of aliphatic hydroxyl groups excluding tert-OH is 2. The normalized spacial score (nSPS) is 15.0. The molecule has 0 spiro atoms. The molecule has 0 aromatic heterocycles. The van der Waals surface area contributed by atoms with E-state index in [9.17, 15) is 97.8 Å². The van der Waals surface area contributed by atoms with Gasteiger partial charge in [0, 0.05) is 42.9 Å². The fourth-order valence-corrected chi connectivity index (χ4v) is 11.9. The van der Waals surface area contributed by atoms with Crippen molar-refractivity contribution in [2.24, 2.45) is 40.1 Å². The lowest BCUT2D eigenvalue weighted by molar-refractivity contribution is -0.142. The van der Waals surface area contributed by atoms with Crippen LogP contribution in [-0.4, -0.2) is 259 Å². The molecule has 0 unspecified atom stereocenters. The zero-order chi connectivity index (χ0) is 88.7. The van der Waals surface area contributed by atoms with Gasteiger partial charge in [0.15, 0.2) is 11.9 Å². The quantitative estimate of drug-likeness (QED) is 0.0108. The van der Waals surface area contributed by atoms with Gasteiger partial charge in [0.1, 0.15) is 95.8 Å². The molecule has 3 aromatic rings. The number of benzene rings is 3. The van der Waals surface area contributed by atoms with Gasteiger partial charge in [-0.1, -0.05) is 36.4 Å². The number of carboxylic acids is 1. The number of phenols is 3. The van der Waals surface area contributed by atoms with Crippen LogP contribution in [0.5, 0.6) is 17.2 Å². The SMILES string of the molecule is C[C@@H](O)[C@H](N)C(=O)N[C@@H](Cc1ccc(O)cc1)C(=O)N[C@H](C(=O)N[C@@H](CC(N)=O)C(=O)N[C@@H](CCCNC(=N)N)C(=O)N[C@@H](CCN)C(=O)N[C@H](C(=O)N[C@H](CCN)C(=O)N[C@@H](CCCCN)C(=O)N[C@@H](CS)C(=O)N[C@@H](Cc1ccc(O)cc1)C(=O)N[C@@H](CCCNC(=N)N)C(=O)N[C@@H](Cc1ccc(O)cc1)C(=O)O)[C@@H](C)O)C(C)(C)S. The van der Waals surface area contributed by atoms with Crippen LogP contribution in [-0.2, 0) is 86.4 Å². The number of aliphatic hydroxyl groups is 2. The zero-order valence-corrected chi connectivity index (χ0v) is 67.6. The summed E-state index contributed by atoms with van der Waals surface area (Å²) in [6, 6.07) is -4.81. The second kappa shape index (κ2) is 51.0. The molecule has 0 heterocycles. The summed E-state index contributed by atoms with van der Waals surface area (Å²) < 4.78 is -1.51. The van der Waals surface area contributed by atoms with Crippen LogP contribution in [0, 0.1) is 10.8 Å². The van der Waals surface area contributed by atoms with E-state index in [2.05, 4.69) is 99.7 Å². The number of aliphatic carboxylic acids is 1. The van der Waals surface area contributed by atoms with E-state index in [0.717, 1.165) is 6.92 Å². The fourth-order valence-electron chi connectivity index (χ4n) is 11.4. The number of primary amides is 1. The van der Waals surface area contributed by atoms with Crippen molar-refractivity contribution in [1.29, 1.82) is 10.8 Å². The smallest absolute Gasteiger partial charge is 0.326 e. The lowest BCUT2D eigenvalue weighted by Crippen LogP contribution is -2.64. The van der Waals surface area contributed by atoms with Gasteiger partial charge in [0.2, 0.25) is 76.8 Å². The van der Waals surface area contributed by atoms with E-state index in [1.165, 1.54) is 93.6 Å². The molecule has 0 aliphatic heterocycles. The van der Waals surface area contributed by atoms with Crippen molar-refractivity contribution in [2.75, 3.05) is 38.5 Å². The average molecular weight is 1700 g/mol. The summed E-state index contributed by atoms with van der Waals surface area (Å²) in [4.78, 5) is 196. The van der Waals surface area contributed by atoms with Gasteiger partial charge in [-0.2, -0.15) is 25.3 Å². The minimum atomic E-state index is -1.94. The molecule has 15 atom stereocenters. The molecule has 45 heteroatoms. The zero-order valence-electron chi connectivity index (χ0n) is 65.9. The summed E-state index contributed by atoms with van der Waals surface area (Å²) in [6.07, 6.45) is -5.72. The highest BCUT2D eigenvalue weighted by molar-refractivity contribution is 7.81. The fraction of sp³-hybridized carbons (Fsp3) is 0.534. The van der Waals surface area contributed by atoms with Gasteiger partial charge < -0.3 is 145 Å². The Morgan fingerprint density at radius 3 is 1.07 bits per heavy atom. The van der Waals surface area contributed by atoms with Crippen LogP contribution in [0.15, 0.2) is 72.8 Å². The molecule has 0 aliphatic carbocycles. The maximum atomic E-state index is 14.5. The standard InChI is InChI=1S/C73H115N23O20S2/c1-36(97)55(78)67(112)91-50(32-39-14-20-42(100)21-15-39)65(110)96-57(73(3,4)118)69(114)92-51(34-54(77)102)64(109)87-45(10-7-29-83-71(79)80)58(103)88-48(25-28-76)62(107)95-56(37(2)98)68(113)89-47(24-27-75)61(106)85-44(9-5-6-26-74)60(105)94-53(35-117)66(111)90-49(31-38-12-18-41(99)19-13-38)63(108)86-46(11-8-30-84-72(81)82)59(104)93-52(70(115)116)33-40-16-22-43(101)23-17-40/h12-23,36-37,44-53,55-57,97-101,117-118H,5-11,24-35,74-76,78H2,1-4H3,(H2,77,102)(H,85,106)(H,86,108)(H,87,109)(H,88,103)(H,89,113)(H,90,111)(H,91,112)(H,92,114)(H,93,104)(H,94,105)(H,95,107)(H,96,110)(H,115,116)(H4,79,80,83)(H4,81,82,84)/t36-,37-,44+,45+,46+,47-,48+,49+,50+,51+,52+,53+,55+,56+,57-/m1/s1. The lowest BCUT2D eigenvalue weighted by atomic mass is 9.99. The predicted molar refractivity (Wildman–Crippen MR) is 437 cm³/mol. The minimum Gasteiger partial charge on any atom is -0.508 e. The van der Waals surface area contributed by atoms with Gasteiger partial charge in [0.05, 0.1) is 18.6 Å². The molecular weight excluding hydrogens is 1580 g/mol.